The lowest BCUT2D eigenvalue weighted by atomic mass is 10.2. The van der Waals surface area contributed by atoms with Crippen molar-refractivity contribution in [3.05, 3.63) is 24.3 Å². The van der Waals surface area contributed by atoms with E-state index < -0.39 is 0 Å². The van der Waals surface area contributed by atoms with Crippen molar-refractivity contribution in [1.82, 2.24) is 0 Å². The van der Waals surface area contributed by atoms with Crippen LogP contribution in [0.15, 0.2) is 24.3 Å². The number of nitrogens with zero attached hydrogens (tertiary/aromatic N) is 1. The number of benzene rings is 1. The number of hydrogen-bond donors (Lipinski definition) is 1. The second-order valence-electron chi connectivity index (χ2n) is 4.54. The zero-order valence-corrected chi connectivity index (χ0v) is 9.66. The average molecular weight is 204 g/mol. The molecule has 1 fully saturated rings. The fourth-order valence-corrected chi connectivity index (χ4v) is 2.08. The Balaban J connectivity index is 2.03. The number of nitrogens with one attached hydrogen (secondary N) is 1. The summed E-state index contributed by atoms with van der Waals surface area (Å²) in [6.45, 7) is 6.76. The Labute approximate surface area is 92.3 Å². The van der Waals surface area contributed by atoms with E-state index in [-0.39, 0.29) is 0 Å². The molecule has 0 unspecified atom stereocenters. The van der Waals surface area contributed by atoms with Crippen molar-refractivity contribution in [2.45, 2.75) is 32.7 Å². The summed E-state index contributed by atoms with van der Waals surface area (Å²) in [5, 5.41) is 3.40. The van der Waals surface area contributed by atoms with Crippen molar-refractivity contribution in [3.63, 3.8) is 0 Å². The number of rotatable bonds is 3. The SMILES string of the molecule is CC(C)Nc1ccc(N2CCCC2)cc1. The summed E-state index contributed by atoms with van der Waals surface area (Å²) in [5.41, 5.74) is 2.58. The van der Waals surface area contributed by atoms with Gasteiger partial charge in [0, 0.05) is 30.5 Å². The molecule has 0 atom stereocenters. The van der Waals surface area contributed by atoms with Crippen LogP contribution in [0.2, 0.25) is 0 Å². The summed E-state index contributed by atoms with van der Waals surface area (Å²) in [6.07, 6.45) is 2.68. The highest BCUT2D eigenvalue weighted by Crippen LogP contribution is 2.22. The van der Waals surface area contributed by atoms with Gasteiger partial charge in [0.15, 0.2) is 0 Å². The molecule has 0 spiro atoms. The van der Waals surface area contributed by atoms with Gasteiger partial charge < -0.3 is 10.2 Å². The zero-order valence-electron chi connectivity index (χ0n) is 9.66. The van der Waals surface area contributed by atoms with E-state index in [0.717, 1.165) is 0 Å². The minimum Gasteiger partial charge on any atom is -0.383 e. The summed E-state index contributed by atoms with van der Waals surface area (Å²) in [7, 11) is 0. The van der Waals surface area contributed by atoms with E-state index in [1.165, 1.54) is 37.3 Å². The molecule has 15 heavy (non-hydrogen) atoms. The second kappa shape index (κ2) is 4.56. The van der Waals surface area contributed by atoms with Gasteiger partial charge in [-0.1, -0.05) is 0 Å². The van der Waals surface area contributed by atoms with Gasteiger partial charge in [0.05, 0.1) is 0 Å². The molecule has 82 valence electrons. The van der Waals surface area contributed by atoms with Crippen LogP contribution in [0, 0.1) is 0 Å². The van der Waals surface area contributed by atoms with E-state index in [9.17, 15) is 0 Å². The van der Waals surface area contributed by atoms with Gasteiger partial charge in [0.25, 0.3) is 0 Å². The smallest absolute Gasteiger partial charge is 0.0367 e. The van der Waals surface area contributed by atoms with Gasteiger partial charge in [-0.3, -0.25) is 0 Å². The maximum atomic E-state index is 3.40. The van der Waals surface area contributed by atoms with Crippen LogP contribution in [0.25, 0.3) is 0 Å². The van der Waals surface area contributed by atoms with Crippen LogP contribution in [0.3, 0.4) is 0 Å². The minimum atomic E-state index is 0.502. The Morgan fingerprint density at radius 3 is 2.20 bits per heavy atom. The van der Waals surface area contributed by atoms with E-state index in [1.54, 1.807) is 0 Å². The van der Waals surface area contributed by atoms with Gasteiger partial charge in [-0.15, -0.1) is 0 Å². The Morgan fingerprint density at radius 2 is 1.67 bits per heavy atom. The topological polar surface area (TPSA) is 15.3 Å². The molecule has 0 saturated carbocycles. The van der Waals surface area contributed by atoms with E-state index in [0.29, 0.717) is 6.04 Å². The number of hydrogen-bond acceptors (Lipinski definition) is 2. The molecule has 2 heteroatoms. The second-order valence-corrected chi connectivity index (χ2v) is 4.54. The molecule has 2 nitrogen and oxygen atoms in total. The maximum absolute atomic E-state index is 3.40. The van der Waals surface area contributed by atoms with Crippen LogP contribution in [0.1, 0.15) is 26.7 Å². The van der Waals surface area contributed by atoms with Gasteiger partial charge in [0.1, 0.15) is 0 Å². The zero-order chi connectivity index (χ0) is 10.7. The standard InChI is InChI=1S/C13H20N2/c1-11(2)14-12-5-7-13(8-6-12)15-9-3-4-10-15/h5-8,11,14H,3-4,9-10H2,1-2H3. The Kier molecular flexibility index (Phi) is 3.14. The molecule has 0 radical (unpaired) electrons. The van der Waals surface area contributed by atoms with Crippen molar-refractivity contribution in [1.29, 1.82) is 0 Å². The molecule has 1 N–H and O–H groups in total. The molecule has 2 rings (SSSR count). The fraction of sp³-hybridized carbons (Fsp3) is 0.538. The quantitative estimate of drug-likeness (QED) is 0.814. The highest BCUT2D eigenvalue weighted by molar-refractivity contribution is 5.55. The monoisotopic (exact) mass is 204 g/mol. The predicted octanol–water partition coefficient (Wildman–Crippen LogP) is 3.11. The maximum Gasteiger partial charge on any atom is 0.0367 e. The molecule has 0 amide bonds. The van der Waals surface area contributed by atoms with E-state index in [1.807, 2.05) is 0 Å². The fourth-order valence-electron chi connectivity index (χ4n) is 2.08. The van der Waals surface area contributed by atoms with Crippen LogP contribution in [-0.4, -0.2) is 19.1 Å². The van der Waals surface area contributed by atoms with Crippen molar-refractivity contribution < 1.29 is 0 Å². The van der Waals surface area contributed by atoms with Crippen molar-refractivity contribution in [2.24, 2.45) is 0 Å². The average Bonchev–Trinajstić information content (AvgIpc) is 2.71. The van der Waals surface area contributed by atoms with E-state index in [4.69, 9.17) is 0 Å². The van der Waals surface area contributed by atoms with Gasteiger partial charge >= 0.3 is 0 Å². The number of anilines is 2. The van der Waals surface area contributed by atoms with Crippen LogP contribution in [0.4, 0.5) is 11.4 Å². The lowest BCUT2D eigenvalue weighted by molar-refractivity contribution is 0.899. The first kappa shape index (κ1) is 10.3. The van der Waals surface area contributed by atoms with Gasteiger partial charge in [-0.25, -0.2) is 0 Å². The third-order valence-electron chi connectivity index (χ3n) is 2.79. The molecule has 1 aromatic rings. The summed E-state index contributed by atoms with van der Waals surface area (Å²) in [4.78, 5) is 2.46. The molecule has 0 bridgehead atoms. The third-order valence-corrected chi connectivity index (χ3v) is 2.79. The highest BCUT2D eigenvalue weighted by Gasteiger charge is 2.11. The van der Waals surface area contributed by atoms with Gasteiger partial charge in [0.2, 0.25) is 0 Å². The first-order chi connectivity index (χ1) is 7.25. The molecular weight excluding hydrogens is 184 g/mol. The molecule has 1 aliphatic heterocycles. The normalized spacial score (nSPS) is 16.1. The van der Waals surface area contributed by atoms with Gasteiger partial charge in [-0.2, -0.15) is 0 Å². The van der Waals surface area contributed by atoms with Crippen molar-refractivity contribution in [3.8, 4) is 0 Å². The van der Waals surface area contributed by atoms with E-state index >= 15 is 0 Å². The minimum absolute atomic E-state index is 0.502. The largest absolute Gasteiger partial charge is 0.383 e. The molecule has 0 aromatic heterocycles. The summed E-state index contributed by atoms with van der Waals surface area (Å²) >= 11 is 0. The predicted molar refractivity (Wildman–Crippen MR) is 66.6 cm³/mol. The Hall–Kier alpha value is -1.18. The van der Waals surface area contributed by atoms with E-state index in [2.05, 4.69) is 48.3 Å². The first-order valence-corrected chi connectivity index (χ1v) is 5.87. The van der Waals surface area contributed by atoms with Crippen molar-refractivity contribution >= 4 is 11.4 Å². The van der Waals surface area contributed by atoms with Crippen LogP contribution in [-0.2, 0) is 0 Å². The Morgan fingerprint density at radius 1 is 1.07 bits per heavy atom. The molecule has 1 saturated heterocycles. The summed E-state index contributed by atoms with van der Waals surface area (Å²) in [5.74, 6) is 0. The summed E-state index contributed by atoms with van der Waals surface area (Å²) < 4.78 is 0. The summed E-state index contributed by atoms with van der Waals surface area (Å²) in [6, 6.07) is 9.29. The van der Waals surface area contributed by atoms with Gasteiger partial charge in [-0.05, 0) is 51.0 Å². The third kappa shape index (κ3) is 2.65. The lowest BCUT2D eigenvalue weighted by Gasteiger charge is -2.18. The van der Waals surface area contributed by atoms with Crippen LogP contribution >= 0.6 is 0 Å². The molecule has 1 aliphatic rings. The lowest BCUT2D eigenvalue weighted by Crippen LogP contribution is -2.17. The highest BCUT2D eigenvalue weighted by atomic mass is 15.1. The first-order valence-electron chi connectivity index (χ1n) is 5.87. The molecule has 1 heterocycles. The molecule has 1 aromatic carbocycles. The van der Waals surface area contributed by atoms with Crippen molar-refractivity contribution in [2.75, 3.05) is 23.3 Å². The van der Waals surface area contributed by atoms with Crippen LogP contribution in [0.5, 0.6) is 0 Å². The molecule has 0 aliphatic carbocycles. The Bertz CT molecular complexity index is 297. The van der Waals surface area contributed by atoms with Crippen LogP contribution < -0.4 is 10.2 Å². The molecular formula is C13H20N2.